The molecule has 5 heteroatoms. The van der Waals surface area contributed by atoms with E-state index in [0.717, 1.165) is 79.8 Å². The molecule has 0 aliphatic heterocycles. The van der Waals surface area contributed by atoms with Crippen LogP contribution in [0.1, 0.15) is 68.7 Å². The van der Waals surface area contributed by atoms with E-state index in [1.165, 1.54) is 55.6 Å². The van der Waals surface area contributed by atoms with E-state index in [1.54, 1.807) is 0 Å². The summed E-state index contributed by atoms with van der Waals surface area (Å²) >= 11 is 0. The molecular weight excluding hydrogens is 841 g/mol. The third kappa shape index (κ3) is 6.67. The average molecular weight is 889 g/mol. The van der Waals surface area contributed by atoms with Gasteiger partial charge in [0.05, 0.1) is 22.4 Å². The Hall–Kier alpha value is -8.28. The van der Waals surface area contributed by atoms with Crippen LogP contribution < -0.4 is 0 Å². The number of fused-ring (bicyclic) bond motifs is 7. The Kier molecular flexibility index (Phi) is 9.29. The molecule has 3 aliphatic rings. The normalized spacial score (nSPS) is 14.8. The van der Waals surface area contributed by atoms with E-state index in [2.05, 4.69) is 220 Å². The summed E-state index contributed by atoms with van der Waals surface area (Å²) in [5.41, 5.74) is 24.6. The predicted octanol–water partition coefficient (Wildman–Crippen LogP) is 16.4. The zero-order valence-corrected chi connectivity index (χ0v) is 39.1. The van der Waals surface area contributed by atoms with Crippen LogP contribution in [0.15, 0.2) is 199 Å². The molecule has 2 aromatic heterocycles. The molecule has 69 heavy (non-hydrogen) atoms. The molecular formula is C64H48N4O. The molecule has 0 spiro atoms. The Morgan fingerprint density at radius 1 is 0.391 bits per heavy atom. The number of allylic oxidation sites excluding steroid dienone is 4. The van der Waals surface area contributed by atoms with Gasteiger partial charge in [-0.3, -0.25) is 0 Å². The van der Waals surface area contributed by atoms with Gasteiger partial charge >= 0.3 is 0 Å². The van der Waals surface area contributed by atoms with Crippen LogP contribution in [0.4, 0.5) is 0 Å². The second-order valence-electron chi connectivity index (χ2n) is 19.8. The average Bonchev–Trinajstić information content (AvgIpc) is 4.06. The highest BCUT2D eigenvalue weighted by atomic mass is 16.4. The Labute approximate surface area is 402 Å². The van der Waals surface area contributed by atoms with Crippen molar-refractivity contribution < 1.29 is 4.42 Å². The highest BCUT2D eigenvalue weighted by Gasteiger charge is 2.37. The van der Waals surface area contributed by atoms with Gasteiger partial charge in [0.2, 0.25) is 11.8 Å². The van der Waals surface area contributed by atoms with Gasteiger partial charge in [-0.15, -0.1) is 10.2 Å². The lowest BCUT2D eigenvalue weighted by molar-refractivity contribution is 0.550. The van der Waals surface area contributed by atoms with E-state index in [1.807, 2.05) is 12.1 Å². The zero-order chi connectivity index (χ0) is 46.4. The van der Waals surface area contributed by atoms with Crippen LogP contribution >= 0.6 is 0 Å². The zero-order valence-electron chi connectivity index (χ0n) is 39.1. The standard InChI is InChI=1S/C64H48N4O/c1-63(2)53-21-13-11-19-47(53)49-33-31-45(35-55(49)63)51-37-57-58(38-52(51)46-32-34-50-48-20-12-14-22-54(48)64(3,4)56(50)36-46)66-60(59(65-57)41-15-7-5-8-16-41)42-27-23-39(24-28-42)40-25-29-44(30-26-40)62-68-67-61(69-62)43-17-9-6-10-18-43/h5-9,11-17,19-38H,10,18H2,1-4H3. The summed E-state index contributed by atoms with van der Waals surface area (Å²) in [7, 11) is 0. The highest BCUT2D eigenvalue weighted by molar-refractivity contribution is 5.98. The maximum Gasteiger partial charge on any atom is 0.248 e. The molecule has 0 N–H and O–H groups in total. The van der Waals surface area contributed by atoms with E-state index in [9.17, 15) is 0 Å². The summed E-state index contributed by atoms with van der Waals surface area (Å²) in [5.74, 6) is 1.11. The number of rotatable bonds is 7. The van der Waals surface area contributed by atoms with Gasteiger partial charge in [0, 0.05) is 33.1 Å². The number of hydrogen-bond acceptors (Lipinski definition) is 5. The van der Waals surface area contributed by atoms with Gasteiger partial charge in [-0.1, -0.05) is 185 Å². The van der Waals surface area contributed by atoms with Gasteiger partial charge in [-0.25, -0.2) is 9.97 Å². The summed E-state index contributed by atoms with van der Waals surface area (Å²) in [6.45, 7) is 9.41. The first-order chi connectivity index (χ1) is 33.7. The van der Waals surface area contributed by atoms with Crippen molar-refractivity contribution in [2.24, 2.45) is 0 Å². The molecule has 330 valence electrons. The smallest absolute Gasteiger partial charge is 0.248 e. The van der Waals surface area contributed by atoms with E-state index in [4.69, 9.17) is 14.4 Å². The van der Waals surface area contributed by atoms with Crippen molar-refractivity contribution in [2.75, 3.05) is 0 Å². The summed E-state index contributed by atoms with van der Waals surface area (Å²) < 4.78 is 6.09. The van der Waals surface area contributed by atoms with Crippen LogP contribution in [0.2, 0.25) is 0 Å². The Bertz CT molecular complexity index is 3760. The molecule has 0 saturated carbocycles. The predicted molar refractivity (Wildman–Crippen MR) is 281 cm³/mol. The van der Waals surface area contributed by atoms with Crippen molar-refractivity contribution in [1.82, 2.24) is 20.2 Å². The molecule has 0 radical (unpaired) electrons. The van der Waals surface area contributed by atoms with Crippen LogP contribution in [0, 0.1) is 0 Å². The minimum absolute atomic E-state index is 0.138. The van der Waals surface area contributed by atoms with Crippen LogP contribution in [0.25, 0.3) is 106 Å². The maximum atomic E-state index is 6.09. The maximum absolute atomic E-state index is 6.09. The van der Waals surface area contributed by atoms with Crippen LogP contribution in [-0.2, 0) is 10.8 Å². The SMILES string of the molecule is CC1(C)c2ccccc2-c2ccc(-c3cc4nc(-c5ccccc5)c(-c5ccc(-c6ccc(-c7nnc(C8=CC=CCC8)o7)cc6)cc5)nc4cc3-c3ccc4c(c3)C(C)(C)c3ccccc3-4)cc21. The van der Waals surface area contributed by atoms with E-state index in [0.29, 0.717) is 11.8 Å². The first-order valence-corrected chi connectivity index (χ1v) is 24.0. The molecule has 0 fully saturated rings. The summed E-state index contributed by atoms with van der Waals surface area (Å²) in [4.78, 5) is 11.1. The van der Waals surface area contributed by atoms with Crippen molar-refractivity contribution in [1.29, 1.82) is 0 Å². The molecule has 0 atom stereocenters. The Balaban J connectivity index is 0.933. The fraction of sp³-hybridized carbons (Fsp3) is 0.125. The quantitative estimate of drug-likeness (QED) is 0.159. The first kappa shape index (κ1) is 41.0. The van der Waals surface area contributed by atoms with Gasteiger partial charge in [-0.2, -0.15) is 0 Å². The molecule has 0 amide bonds. The second kappa shape index (κ2) is 15.6. The van der Waals surface area contributed by atoms with Crippen molar-refractivity contribution in [3.05, 3.63) is 222 Å². The number of nitrogens with zero attached hydrogens (tertiary/aromatic N) is 4. The number of hydrogen-bond donors (Lipinski definition) is 0. The summed E-state index contributed by atoms with van der Waals surface area (Å²) in [6.07, 6.45) is 8.14. The molecule has 0 unspecified atom stereocenters. The monoisotopic (exact) mass is 888 g/mol. The van der Waals surface area contributed by atoms with Gasteiger partial charge in [0.15, 0.2) is 0 Å². The molecule has 0 saturated heterocycles. The van der Waals surface area contributed by atoms with E-state index in [-0.39, 0.29) is 10.8 Å². The molecule has 5 nitrogen and oxygen atoms in total. The fourth-order valence-corrected chi connectivity index (χ4v) is 11.2. The first-order valence-electron chi connectivity index (χ1n) is 24.0. The van der Waals surface area contributed by atoms with Crippen molar-refractivity contribution >= 4 is 16.6 Å². The Morgan fingerprint density at radius 2 is 0.841 bits per heavy atom. The third-order valence-corrected chi connectivity index (χ3v) is 15.0. The van der Waals surface area contributed by atoms with Gasteiger partial charge < -0.3 is 4.42 Å². The lowest BCUT2D eigenvalue weighted by Crippen LogP contribution is -2.15. The van der Waals surface area contributed by atoms with Crippen molar-refractivity contribution in [3.63, 3.8) is 0 Å². The van der Waals surface area contributed by atoms with Crippen LogP contribution in [0.3, 0.4) is 0 Å². The fourth-order valence-electron chi connectivity index (χ4n) is 11.2. The van der Waals surface area contributed by atoms with E-state index < -0.39 is 0 Å². The van der Waals surface area contributed by atoms with Crippen LogP contribution in [0.5, 0.6) is 0 Å². The molecule has 8 aromatic carbocycles. The number of benzene rings is 8. The molecule has 2 heterocycles. The van der Waals surface area contributed by atoms with Crippen LogP contribution in [-0.4, -0.2) is 20.2 Å². The van der Waals surface area contributed by atoms with Gasteiger partial charge in [0.1, 0.15) is 0 Å². The van der Waals surface area contributed by atoms with E-state index >= 15 is 0 Å². The summed E-state index contributed by atoms with van der Waals surface area (Å²) in [5, 5.41) is 8.70. The lowest BCUT2D eigenvalue weighted by atomic mass is 9.80. The minimum atomic E-state index is -0.142. The van der Waals surface area contributed by atoms with Crippen molar-refractivity contribution in [2.45, 2.75) is 51.4 Å². The topological polar surface area (TPSA) is 64.7 Å². The molecule has 0 bridgehead atoms. The van der Waals surface area contributed by atoms with Gasteiger partial charge in [-0.05, 0) is 127 Å². The third-order valence-electron chi connectivity index (χ3n) is 15.0. The second-order valence-corrected chi connectivity index (χ2v) is 19.8. The summed E-state index contributed by atoms with van der Waals surface area (Å²) in [6, 6.07) is 63.9. The molecule has 10 aromatic rings. The minimum Gasteiger partial charge on any atom is -0.416 e. The molecule has 13 rings (SSSR count). The van der Waals surface area contributed by atoms with Gasteiger partial charge in [0.25, 0.3) is 0 Å². The molecule has 3 aliphatic carbocycles. The highest BCUT2D eigenvalue weighted by Crippen LogP contribution is 2.52. The van der Waals surface area contributed by atoms with Crippen molar-refractivity contribution in [3.8, 4) is 89.6 Å². The number of aromatic nitrogens is 4. The largest absolute Gasteiger partial charge is 0.416 e. The lowest BCUT2D eigenvalue weighted by Gasteiger charge is -2.23. The Morgan fingerprint density at radius 3 is 1.38 bits per heavy atom.